The summed E-state index contributed by atoms with van der Waals surface area (Å²) in [4.78, 5) is 15.6. The maximum Gasteiger partial charge on any atom is 0.344 e. The first-order valence-corrected chi connectivity index (χ1v) is 12.0. The summed E-state index contributed by atoms with van der Waals surface area (Å²) in [6, 6.07) is 29.4. The largest absolute Gasteiger partial charge is 0.492 e. The summed E-state index contributed by atoms with van der Waals surface area (Å²) in [5.74, 6) is 1.37. The van der Waals surface area contributed by atoms with E-state index in [0.29, 0.717) is 17.9 Å². The van der Waals surface area contributed by atoms with E-state index in [1.165, 1.54) is 32.4 Å². The molecule has 4 heteroatoms. The zero-order chi connectivity index (χ0) is 23.2. The normalized spacial score (nSPS) is 14.1. The van der Waals surface area contributed by atoms with Crippen LogP contribution in [-0.4, -0.2) is 31.1 Å². The highest BCUT2D eigenvalue weighted by Gasteiger charge is 2.16. The first-order chi connectivity index (χ1) is 16.8. The summed E-state index contributed by atoms with van der Waals surface area (Å²) in [6.45, 7) is 3.98. The molecular formula is C30H29NO3. The van der Waals surface area contributed by atoms with E-state index in [9.17, 15) is 4.79 Å². The first kappa shape index (κ1) is 22.2. The van der Waals surface area contributed by atoms with Crippen molar-refractivity contribution in [2.45, 2.75) is 19.3 Å². The minimum absolute atomic E-state index is 0.343. The monoisotopic (exact) mass is 451 g/mol. The zero-order valence-corrected chi connectivity index (χ0v) is 19.3. The number of ether oxygens (including phenoxy) is 1. The van der Waals surface area contributed by atoms with Gasteiger partial charge < -0.3 is 9.15 Å². The molecule has 4 nitrogen and oxygen atoms in total. The summed E-state index contributed by atoms with van der Waals surface area (Å²) in [6.07, 6.45) is 3.91. The van der Waals surface area contributed by atoms with Gasteiger partial charge in [-0.05, 0) is 67.4 Å². The van der Waals surface area contributed by atoms with Crippen molar-refractivity contribution >= 4 is 0 Å². The third-order valence-corrected chi connectivity index (χ3v) is 6.36. The van der Waals surface area contributed by atoms with Crippen LogP contribution in [0.3, 0.4) is 0 Å². The van der Waals surface area contributed by atoms with Crippen molar-refractivity contribution in [3.05, 3.63) is 101 Å². The van der Waals surface area contributed by atoms with Crippen LogP contribution in [0.15, 0.2) is 100 Å². The summed E-state index contributed by atoms with van der Waals surface area (Å²) in [5.41, 5.74) is 3.77. The number of likely N-dealkylation sites (tertiary alicyclic amines) is 1. The van der Waals surface area contributed by atoms with Crippen molar-refractivity contribution in [3.63, 3.8) is 0 Å². The highest BCUT2D eigenvalue weighted by molar-refractivity contribution is 5.84. The van der Waals surface area contributed by atoms with E-state index >= 15 is 0 Å². The molecule has 0 atom stereocenters. The second-order valence-corrected chi connectivity index (χ2v) is 8.69. The molecule has 0 unspecified atom stereocenters. The molecule has 3 aromatic carbocycles. The molecule has 5 rings (SSSR count). The van der Waals surface area contributed by atoms with E-state index in [4.69, 9.17) is 9.15 Å². The van der Waals surface area contributed by atoms with Crippen LogP contribution in [0.2, 0.25) is 0 Å². The molecule has 1 fully saturated rings. The molecule has 0 N–H and O–H groups in total. The van der Waals surface area contributed by atoms with Gasteiger partial charge >= 0.3 is 5.63 Å². The number of nitrogens with zero attached hydrogens (tertiary/aromatic N) is 1. The van der Waals surface area contributed by atoms with Gasteiger partial charge in [-0.25, -0.2) is 4.79 Å². The van der Waals surface area contributed by atoms with E-state index in [2.05, 4.69) is 4.90 Å². The molecular weight excluding hydrogens is 422 g/mol. The van der Waals surface area contributed by atoms with Gasteiger partial charge in [0.25, 0.3) is 0 Å². The van der Waals surface area contributed by atoms with Gasteiger partial charge in [0.1, 0.15) is 18.1 Å². The Kier molecular flexibility index (Phi) is 6.87. The highest BCUT2D eigenvalue weighted by atomic mass is 16.5. The molecule has 34 heavy (non-hydrogen) atoms. The van der Waals surface area contributed by atoms with Crippen LogP contribution in [0.25, 0.3) is 33.6 Å². The van der Waals surface area contributed by atoms with Crippen LogP contribution in [0.4, 0.5) is 0 Å². The second kappa shape index (κ2) is 10.5. The van der Waals surface area contributed by atoms with Gasteiger partial charge in [0.15, 0.2) is 0 Å². The summed E-state index contributed by atoms with van der Waals surface area (Å²) in [5, 5.41) is 0. The predicted octanol–water partition coefficient (Wildman–Crippen LogP) is 6.51. The van der Waals surface area contributed by atoms with Gasteiger partial charge in [0.05, 0.1) is 5.56 Å². The molecule has 172 valence electrons. The average Bonchev–Trinajstić information content (AvgIpc) is 2.90. The van der Waals surface area contributed by atoms with Crippen LogP contribution in [0.1, 0.15) is 19.3 Å². The lowest BCUT2D eigenvalue weighted by Crippen LogP contribution is -2.33. The highest BCUT2D eigenvalue weighted by Crippen LogP contribution is 2.33. The first-order valence-electron chi connectivity index (χ1n) is 12.0. The Hall–Kier alpha value is -3.63. The maximum atomic E-state index is 13.2. The Morgan fingerprint density at radius 1 is 0.735 bits per heavy atom. The minimum atomic E-state index is -0.343. The molecule has 1 aromatic heterocycles. The van der Waals surface area contributed by atoms with E-state index in [1.54, 1.807) is 0 Å². The van der Waals surface area contributed by atoms with Gasteiger partial charge in [-0.1, -0.05) is 67.1 Å². The van der Waals surface area contributed by atoms with Gasteiger partial charge in [0.2, 0.25) is 0 Å². The number of rotatable bonds is 7. The fraction of sp³-hybridized carbons (Fsp3) is 0.233. The predicted molar refractivity (Wildman–Crippen MR) is 137 cm³/mol. The van der Waals surface area contributed by atoms with Crippen molar-refractivity contribution in [1.82, 2.24) is 4.90 Å². The third-order valence-electron chi connectivity index (χ3n) is 6.36. The quantitative estimate of drug-likeness (QED) is 0.321. The number of piperidine rings is 1. The second-order valence-electron chi connectivity index (χ2n) is 8.69. The lowest BCUT2D eigenvalue weighted by molar-refractivity contribution is 0.183. The average molecular weight is 452 g/mol. The van der Waals surface area contributed by atoms with E-state index in [0.717, 1.165) is 34.5 Å². The standard InChI is InChI=1S/C30H29NO3/c32-30-29(25-12-6-2-7-13-25)27(23-10-4-1-5-11-23)22-28(34-30)24-14-16-26(17-15-24)33-21-20-31-18-8-3-9-19-31/h1-2,4-7,10-17,22H,3,8-9,18-21H2. The van der Waals surface area contributed by atoms with Crippen molar-refractivity contribution < 1.29 is 9.15 Å². The molecule has 0 spiro atoms. The van der Waals surface area contributed by atoms with Crippen LogP contribution >= 0.6 is 0 Å². The molecule has 0 aliphatic carbocycles. The molecule has 1 aliphatic rings. The Morgan fingerprint density at radius 3 is 2.06 bits per heavy atom. The van der Waals surface area contributed by atoms with Crippen LogP contribution < -0.4 is 10.4 Å². The molecule has 0 saturated carbocycles. The fourth-order valence-corrected chi connectivity index (χ4v) is 4.55. The Balaban J connectivity index is 1.40. The Labute approximate surface area is 200 Å². The van der Waals surface area contributed by atoms with Crippen molar-refractivity contribution in [1.29, 1.82) is 0 Å². The summed E-state index contributed by atoms with van der Waals surface area (Å²) < 4.78 is 11.8. The SMILES string of the molecule is O=c1oc(-c2ccc(OCCN3CCCCC3)cc2)cc(-c2ccccc2)c1-c1ccccc1. The van der Waals surface area contributed by atoms with Crippen molar-refractivity contribution in [3.8, 4) is 39.3 Å². The van der Waals surface area contributed by atoms with Crippen LogP contribution in [0.5, 0.6) is 5.75 Å². The lowest BCUT2D eigenvalue weighted by atomic mass is 9.95. The molecule has 0 bridgehead atoms. The number of hydrogen-bond acceptors (Lipinski definition) is 4. The Morgan fingerprint density at radius 2 is 1.38 bits per heavy atom. The van der Waals surface area contributed by atoms with Gasteiger partial charge in [-0.15, -0.1) is 0 Å². The molecule has 0 radical (unpaired) electrons. The molecule has 1 saturated heterocycles. The molecule has 2 heterocycles. The molecule has 4 aromatic rings. The van der Waals surface area contributed by atoms with E-state index < -0.39 is 0 Å². The van der Waals surface area contributed by atoms with Gasteiger partial charge in [-0.3, -0.25) is 4.90 Å². The fourth-order valence-electron chi connectivity index (χ4n) is 4.55. The summed E-state index contributed by atoms with van der Waals surface area (Å²) >= 11 is 0. The van der Waals surface area contributed by atoms with E-state index in [-0.39, 0.29) is 5.63 Å². The molecule has 0 amide bonds. The summed E-state index contributed by atoms with van der Waals surface area (Å²) in [7, 11) is 0. The third kappa shape index (κ3) is 5.13. The van der Waals surface area contributed by atoms with Crippen molar-refractivity contribution in [2.75, 3.05) is 26.2 Å². The number of benzene rings is 3. The lowest BCUT2D eigenvalue weighted by Gasteiger charge is -2.26. The van der Waals surface area contributed by atoms with Crippen LogP contribution in [0, 0.1) is 0 Å². The molecule has 1 aliphatic heterocycles. The maximum absolute atomic E-state index is 13.2. The van der Waals surface area contributed by atoms with E-state index in [1.807, 2.05) is 91.0 Å². The Bertz CT molecular complexity index is 1260. The zero-order valence-electron chi connectivity index (χ0n) is 19.3. The van der Waals surface area contributed by atoms with Gasteiger partial charge in [0, 0.05) is 17.7 Å². The minimum Gasteiger partial charge on any atom is -0.492 e. The van der Waals surface area contributed by atoms with Crippen molar-refractivity contribution in [2.24, 2.45) is 0 Å². The topological polar surface area (TPSA) is 42.7 Å². The van der Waals surface area contributed by atoms with Crippen LogP contribution in [-0.2, 0) is 0 Å². The smallest absolute Gasteiger partial charge is 0.344 e. The van der Waals surface area contributed by atoms with Gasteiger partial charge in [-0.2, -0.15) is 0 Å². The number of hydrogen-bond donors (Lipinski definition) is 0.